The summed E-state index contributed by atoms with van der Waals surface area (Å²) in [6, 6.07) is 5.80. The molecular formula is C12H7FN2O4S2. The van der Waals surface area contributed by atoms with Crippen molar-refractivity contribution in [1.82, 2.24) is 0 Å². The first-order valence-electron chi connectivity index (χ1n) is 5.38. The molecule has 0 saturated heterocycles. The summed E-state index contributed by atoms with van der Waals surface area (Å²) in [6.07, 6.45) is 0. The zero-order valence-corrected chi connectivity index (χ0v) is 11.8. The number of benzene rings is 1. The van der Waals surface area contributed by atoms with E-state index in [4.69, 9.17) is 10.4 Å². The Bertz CT molecular complexity index is 852. The molecule has 108 valence electrons. The van der Waals surface area contributed by atoms with Crippen molar-refractivity contribution in [2.45, 2.75) is 4.90 Å². The van der Waals surface area contributed by atoms with Gasteiger partial charge in [-0.15, -0.1) is 11.3 Å². The van der Waals surface area contributed by atoms with Gasteiger partial charge in [0.15, 0.2) is 0 Å². The van der Waals surface area contributed by atoms with Gasteiger partial charge in [-0.1, -0.05) is 0 Å². The molecule has 0 fully saturated rings. The third-order valence-electron chi connectivity index (χ3n) is 2.44. The Morgan fingerprint density at radius 3 is 2.67 bits per heavy atom. The fourth-order valence-electron chi connectivity index (χ4n) is 1.46. The highest BCUT2D eigenvalue weighted by Crippen LogP contribution is 2.23. The number of thiophene rings is 1. The third-order valence-corrected chi connectivity index (χ3v) is 4.86. The standard InChI is InChI=1S/C12H7FN2O4S2/c13-10-2-1-8(3-7(10)5-14)15-21(18,19)9-4-11(12(16)17)20-6-9/h1-4,6,15H,(H,16,17). The number of halogens is 1. The Morgan fingerprint density at radius 1 is 1.38 bits per heavy atom. The van der Waals surface area contributed by atoms with Gasteiger partial charge in [-0.3, -0.25) is 4.72 Å². The number of aromatic carboxylic acids is 1. The van der Waals surface area contributed by atoms with Crippen LogP contribution in [-0.2, 0) is 10.0 Å². The number of rotatable bonds is 4. The lowest BCUT2D eigenvalue weighted by Crippen LogP contribution is -2.12. The highest BCUT2D eigenvalue weighted by molar-refractivity contribution is 7.92. The molecule has 2 aromatic rings. The van der Waals surface area contributed by atoms with E-state index < -0.39 is 21.8 Å². The van der Waals surface area contributed by atoms with Gasteiger partial charge in [-0.05, 0) is 24.3 Å². The SMILES string of the molecule is N#Cc1cc(NS(=O)(=O)c2csc(C(=O)O)c2)ccc1F. The molecule has 2 rings (SSSR count). The van der Waals surface area contributed by atoms with Crippen molar-refractivity contribution >= 4 is 33.0 Å². The van der Waals surface area contributed by atoms with Gasteiger partial charge in [-0.25, -0.2) is 17.6 Å². The van der Waals surface area contributed by atoms with Crippen LogP contribution in [0.15, 0.2) is 34.5 Å². The van der Waals surface area contributed by atoms with E-state index in [9.17, 15) is 17.6 Å². The Balaban J connectivity index is 2.33. The number of hydrogen-bond donors (Lipinski definition) is 2. The second-order valence-electron chi connectivity index (χ2n) is 3.86. The number of carboxylic acid groups (broad SMARTS) is 1. The molecule has 0 aliphatic rings. The monoisotopic (exact) mass is 326 g/mol. The minimum absolute atomic E-state index is 0.0102. The molecule has 0 spiro atoms. The average Bonchev–Trinajstić information content (AvgIpc) is 2.91. The van der Waals surface area contributed by atoms with Gasteiger partial charge in [-0.2, -0.15) is 5.26 Å². The normalized spacial score (nSPS) is 10.9. The Morgan fingerprint density at radius 2 is 2.10 bits per heavy atom. The molecule has 2 N–H and O–H groups in total. The topological polar surface area (TPSA) is 107 Å². The van der Waals surface area contributed by atoms with Crippen LogP contribution in [0, 0.1) is 17.1 Å². The summed E-state index contributed by atoms with van der Waals surface area (Å²) in [7, 11) is -4.00. The van der Waals surface area contributed by atoms with Gasteiger partial charge >= 0.3 is 5.97 Å². The van der Waals surface area contributed by atoms with Crippen molar-refractivity contribution in [1.29, 1.82) is 5.26 Å². The maximum atomic E-state index is 13.2. The summed E-state index contributed by atoms with van der Waals surface area (Å²) in [6.45, 7) is 0. The highest BCUT2D eigenvalue weighted by Gasteiger charge is 2.19. The van der Waals surface area contributed by atoms with E-state index in [-0.39, 0.29) is 21.0 Å². The molecule has 0 atom stereocenters. The zero-order valence-electron chi connectivity index (χ0n) is 10.2. The molecule has 1 aromatic carbocycles. The van der Waals surface area contributed by atoms with Crippen LogP contribution in [-0.4, -0.2) is 19.5 Å². The quantitative estimate of drug-likeness (QED) is 0.896. The lowest BCUT2D eigenvalue weighted by molar-refractivity contribution is 0.0702. The first-order valence-corrected chi connectivity index (χ1v) is 7.74. The molecule has 9 heteroatoms. The summed E-state index contributed by atoms with van der Waals surface area (Å²) < 4.78 is 39.4. The minimum atomic E-state index is -4.00. The van der Waals surface area contributed by atoms with Crippen LogP contribution in [0.25, 0.3) is 0 Å². The predicted molar refractivity (Wildman–Crippen MR) is 73.2 cm³/mol. The summed E-state index contributed by atoms with van der Waals surface area (Å²) >= 11 is 0.774. The van der Waals surface area contributed by atoms with Crippen molar-refractivity contribution < 1.29 is 22.7 Å². The zero-order chi connectivity index (χ0) is 15.6. The van der Waals surface area contributed by atoms with Gasteiger partial charge < -0.3 is 5.11 Å². The van der Waals surface area contributed by atoms with Crippen LogP contribution in [0.3, 0.4) is 0 Å². The lowest BCUT2D eigenvalue weighted by atomic mass is 10.2. The van der Waals surface area contributed by atoms with Crippen LogP contribution in [0.2, 0.25) is 0 Å². The first kappa shape index (κ1) is 15.0. The molecule has 0 radical (unpaired) electrons. The fourth-order valence-corrected chi connectivity index (χ4v) is 3.62. The van der Waals surface area contributed by atoms with Crippen LogP contribution >= 0.6 is 11.3 Å². The minimum Gasteiger partial charge on any atom is -0.477 e. The smallest absolute Gasteiger partial charge is 0.345 e. The van der Waals surface area contributed by atoms with Crippen molar-refractivity contribution in [2.24, 2.45) is 0 Å². The number of sulfonamides is 1. The Kier molecular flexibility index (Phi) is 3.93. The second-order valence-corrected chi connectivity index (χ2v) is 6.46. The van der Waals surface area contributed by atoms with Crippen molar-refractivity contribution in [3.8, 4) is 6.07 Å². The van der Waals surface area contributed by atoms with E-state index in [0.717, 1.165) is 35.6 Å². The Hall–Kier alpha value is -2.44. The molecular weight excluding hydrogens is 319 g/mol. The number of carbonyl (C=O) groups is 1. The van der Waals surface area contributed by atoms with Gasteiger partial charge in [0, 0.05) is 5.38 Å². The molecule has 0 aliphatic carbocycles. The number of carboxylic acids is 1. The Labute approximate surface area is 123 Å². The average molecular weight is 326 g/mol. The molecule has 0 bridgehead atoms. The fraction of sp³-hybridized carbons (Fsp3) is 0. The van der Waals surface area contributed by atoms with Crippen molar-refractivity contribution in [3.05, 3.63) is 45.9 Å². The summed E-state index contributed by atoms with van der Waals surface area (Å²) in [5.74, 6) is -1.99. The lowest BCUT2D eigenvalue weighted by Gasteiger charge is -2.06. The van der Waals surface area contributed by atoms with E-state index in [1.165, 1.54) is 5.38 Å². The van der Waals surface area contributed by atoms with Crippen LogP contribution in [0.4, 0.5) is 10.1 Å². The number of anilines is 1. The van der Waals surface area contributed by atoms with E-state index in [0.29, 0.717) is 0 Å². The van der Waals surface area contributed by atoms with E-state index >= 15 is 0 Å². The number of nitriles is 1. The third kappa shape index (κ3) is 3.18. The van der Waals surface area contributed by atoms with Crippen LogP contribution < -0.4 is 4.72 Å². The molecule has 0 saturated carbocycles. The molecule has 0 amide bonds. The number of nitrogens with zero attached hydrogens (tertiary/aromatic N) is 1. The van der Waals surface area contributed by atoms with Gasteiger partial charge in [0.25, 0.3) is 10.0 Å². The highest BCUT2D eigenvalue weighted by atomic mass is 32.2. The van der Waals surface area contributed by atoms with Crippen LogP contribution in [0.1, 0.15) is 15.2 Å². The molecule has 0 unspecified atom stereocenters. The largest absolute Gasteiger partial charge is 0.477 e. The van der Waals surface area contributed by atoms with E-state index in [1.54, 1.807) is 6.07 Å². The molecule has 6 nitrogen and oxygen atoms in total. The van der Waals surface area contributed by atoms with Crippen LogP contribution in [0.5, 0.6) is 0 Å². The molecule has 1 aromatic heterocycles. The summed E-state index contributed by atoms with van der Waals surface area (Å²) in [4.78, 5) is 10.4. The maximum Gasteiger partial charge on any atom is 0.345 e. The maximum absolute atomic E-state index is 13.2. The number of nitrogens with one attached hydrogen (secondary N) is 1. The molecule has 0 aliphatic heterocycles. The summed E-state index contributed by atoms with van der Waals surface area (Å²) in [5, 5.41) is 18.6. The molecule has 1 heterocycles. The van der Waals surface area contributed by atoms with Crippen molar-refractivity contribution in [2.75, 3.05) is 4.72 Å². The second kappa shape index (κ2) is 5.51. The van der Waals surface area contributed by atoms with E-state index in [2.05, 4.69) is 4.72 Å². The number of hydrogen-bond acceptors (Lipinski definition) is 5. The predicted octanol–water partition coefficient (Wildman–Crippen LogP) is 2.26. The summed E-state index contributed by atoms with van der Waals surface area (Å²) in [5.41, 5.74) is -0.289. The van der Waals surface area contributed by atoms with Gasteiger partial charge in [0.2, 0.25) is 0 Å². The first-order chi connectivity index (χ1) is 9.83. The van der Waals surface area contributed by atoms with Crippen molar-refractivity contribution in [3.63, 3.8) is 0 Å². The van der Waals surface area contributed by atoms with Gasteiger partial charge in [0.1, 0.15) is 16.8 Å². The molecule has 21 heavy (non-hydrogen) atoms. The van der Waals surface area contributed by atoms with Gasteiger partial charge in [0.05, 0.1) is 16.1 Å². The van der Waals surface area contributed by atoms with E-state index in [1.807, 2.05) is 0 Å².